The van der Waals surface area contributed by atoms with E-state index in [-0.39, 0.29) is 4.90 Å². The van der Waals surface area contributed by atoms with Crippen LogP contribution in [0.25, 0.3) is 21.9 Å². The lowest BCUT2D eigenvalue weighted by Gasteiger charge is -1.95. The second-order valence-electron chi connectivity index (χ2n) is 3.84. The first-order chi connectivity index (χ1) is 8.45. The molecule has 0 radical (unpaired) electrons. The molecule has 0 N–H and O–H groups in total. The standard InChI is InChI=1S/C12H6BrClO3S/c13-7-1-3-11-9(5-7)10-6-8(18(14,15)16)2-4-12(10)17-11/h1-6H. The molecule has 0 saturated heterocycles. The summed E-state index contributed by atoms with van der Waals surface area (Å²) in [7, 11) is 1.61. The topological polar surface area (TPSA) is 47.3 Å². The van der Waals surface area contributed by atoms with Crippen LogP contribution in [-0.4, -0.2) is 8.42 Å². The maximum atomic E-state index is 11.3. The van der Waals surface area contributed by atoms with Gasteiger partial charge in [0.15, 0.2) is 0 Å². The molecule has 0 atom stereocenters. The SMILES string of the molecule is O=S(=O)(Cl)c1ccc2oc3ccc(Br)cc3c2c1. The fraction of sp³-hybridized carbons (Fsp3) is 0. The Morgan fingerprint density at radius 1 is 1.00 bits per heavy atom. The van der Waals surface area contributed by atoms with Crippen LogP contribution in [0.2, 0.25) is 0 Å². The van der Waals surface area contributed by atoms with Gasteiger partial charge >= 0.3 is 0 Å². The number of hydrogen-bond acceptors (Lipinski definition) is 3. The summed E-state index contributed by atoms with van der Waals surface area (Å²) in [6.45, 7) is 0. The molecule has 0 fully saturated rings. The lowest BCUT2D eigenvalue weighted by Crippen LogP contribution is -1.88. The van der Waals surface area contributed by atoms with Crippen molar-refractivity contribution in [2.45, 2.75) is 4.90 Å². The Labute approximate surface area is 116 Å². The second kappa shape index (κ2) is 3.98. The number of rotatable bonds is 1. The van der Waals surface area contributed by atoms with E-state index in [4.69, 9.17) is 15.1 Å². The molecule has 0 amide bonds. The molecule has 3 aromatic rings. The predicted octanol–water partition coefficient (Wildman–Crippen LogP) is 4.28. The van der Waals surface area contributed by atoms with Gasteiger partial charge < -0.3 is 4.42 Å². The van der Waals surface area contributed by atoms with Gasteiger partial charge in [0.25, 0.3) is 9.05 Å². The highest BCUT2D eigenvalue weighted by atomic mass is 79.9. The van der Waals surface area contributed by atoms with Crippen molar-refractivity contribution in [2.24, 2.45) is 0 Å². The van der Waals surface area contributed by atoms with E-state index in [1.54, 1.807) is 6.07 Å². The van der Waals surface area contributed by atoms with Gasteiger partial charge in [-0.15, -0.1) is 0 Å². The molecule has 0 aliphatic rings. The molecule has 18 heavy (non-hydrogen) atoms. The Morgan fingerprint density at radius 2 is 1.61 bits per heavy atom. The van der Waals surface area contributed by atoms with Crippen LogP contribution in [-0.2, 0) is 9.05 Å². The molecule has 6 heteroatoms. The molecule has 2 aromatic carbocycles. The molecular formula is C12H6BrClO3S. The van der Waals surface area contributed by atoms with Crippen LogP contribution >= 0.6 is 26.6 Å². The van der Waals surface area contributed by atoms with Crippen molar-refractivity contribution in [3.63, 3.8) is 0 Å². The summed E-state index contributed by atoms with van der Waals surface area (Å²) < 4.78 is 29.2. The van der Waals surface area contributed by atoms with E-state index in [1.807, 2.05) is 18.2 Å². The van der Waals surface area contributed by atoms with Crippen LogP contribution in [0.4, 0.5) is 0 Å². The van der Waals surface area contributed by atoms with Crippen molar-refractivity contribution in [1.29, 1.82) is 0 Å². The van der Waals surface area contributed by atoms with Gasteiger partial charge in [-0.25, -0.2) is 8.42 Å². The zero-order valence-corrected chi connectivity index (χ0v) is 12.0. The lowest BCUT2D eigenvalue weighted by atomic mass is 10.1. The summed E-state index contributed by atoms with van der Waals surface area (Å²) in [6.07, 6.45) is 0. The van der Waals surface area contributed by atoms with Crippen molar-refractivity contribution in [3.05, 3.63) is 40.9 Å². The minimum absolute atomic E-state index is 0.0688. The number of benzene rings is 2. The average Bonchev–Trinajstić information content (AvgIpc) is 2.65. The van der Waals surface area contributed by atoms with E-state index in [9.17, 15) is 8.42 Å². The van der Waals surface area contributed by atoms with Gasteiger partial charge in [0.1, 0.15) is 11.2 Å². The van der Waals surface area contributed by atoms with Gasteiger partial charge in [0.2, 0.25) is 0 Å². The minimum Gasteiger partial charge on any atom is -0.456 e. The van der Waals surface area contributed by atoms with Gasteiger partial charge in [0, 0.05) is 25.9 Å². The normalized spacial score (nSPS) is 12.3. The third-order valence-electron chi connectivity index (χ3n) is 2.68. The van der Waals surface area contributed by atoms with E-state index in [0.717, 1.165) is 15.2 Å². The predicted molar refractivity (Wildman–Crippen MR) is 74.5 cm³/mol. The van der Waals surface area contributed by atoms with Crippen molar-refractivity contribution in [3.8, 4) is 0 Å². The average molecular weight is 346 g/mol. The van der Waals surface area contributed by atoms with Crippen molar-refractivity contribution >= 4 is 57.6 Å². The summed E-state index contributed by atoms with van der Waals surface area (Å²) in [5.41, 5.74) is 1.34. The number of fused-ring (bicyclic) bond motifs is 3. The maximum Gasteiger partial charge on any atom is 0.261 e. The number of hydrogen-bond donors (Lipinski definition) is 0. The van der Waals surface area contributed by atoms with Crippen molar-refractivity contribution < 1.29 is 12.8 Å². The molecule has 0 aliphatic heterocycles. The van der Waals surface area contributed by atoms with E-state index in [1.165, 1.54) is 12.1 Å². The van der Waals surface area contributed by atoms with Crippen LogP contribution in [0.1, 0.15) is 0 Å². The largest absolute Gasteiger partial charge is 0.456 e. The Balaban J connectivity index is 2.45. The van der Waals surface area contributed by atoms with E-state index < -0.39 is 9.05 Å². The number of furan rings is 1. The Kier molecular flexibility index (Phi) is 2.66. The molecule has 0 spiro atoms. The van der Waals surface area contributed by atoms with Crippen molar-refractivity contribution in [1.82, 2.24) is 0 Å². The fourth-order valence-corrected chi connectivity index (χ4v) is 3.02. The Bertz CT molecular complexity index is 868. The highest BCUT2D eigenvalue weighted by Gasteiger charge is 2.14. The Hall–Kier alpha value is -1.04. The zero-order chi connectivity index (χ0) is 12.9. The molecule has 0 unspecified atom stereocenters. The van der Waals surface area contributed by atoms with Gasteiger partial charge in [-0.2, -0.15) is 0 Å². The molecule has 0 aliphatic carbocycles. The Morgan fingerprint density at radius 3 is 2.28 bits per heavy atom. The third kappa shape index (κ3) is 1.92. The quantitative estimate of drug-likeness (QED) is 0.619. The molecule has 3 rings (SSSR count). The maximum absolute atomic E-state index is 11.3. The fourth-order valence-electron chi connectivity index (χ4n) is 1.88. The van der Waals surface area contributed by atoms with Crippen LogP contribution in [0.3, 0.4) is 0 Å². The first-order valence-electron chi connectivity index (χ1n) is 5.02. The summed E-state index contributed by atoms with van der Waals surface area (Å²) in [5.74, 6) is 0. The van der Waals surface area contributed by atoms with E-state index >= 15 is 0 Å². The van der Waals surface area contributed by atoms with Gasteiger partial charge in [-0.1, -0.05) is 15.9 Å². The van der Waals surface area contributed by atoms with Crippen molar-refractivity contribution in [2.75, 3.05) is 0 Å². The molecule has 1 aromatic heterocycles. The summed E-state index contributed by atoms with van der Waals surface area (Å²) >= 11 is 3.37. The molecule has 0 saturated carbocycles. The molecule has 92 valence electrons. The molecular weight excluding hydrogens is 340 g/mol. The van der Waals surface area contributed by atoms with Gasteiger partial charge in [0.05, 0.1) is 4.90 Å². The number of halogens is 2. The van der Waals surface area contributed by atoms with Crippen LogP contribution in [0.15, 0.2) is 50.2 Å². The van der Waals surface area contributed by atoms with Crippen LogP contribution in [0.5, 0.6) is 0 Å². The van der Waals surface area contributed by atoms with Crippen LogP contribution < -0.4 is 0 Å². The lowest BCUT2D eigenvalue weighted by molar-refractivity contribution is 0.609. The molecule has 1 heterocycles. The van der Waals surface area contributed by atoms with Gasteiger partial charge in [-0.05, 0) is 36.4 Å². The summed E-state index contributed by atoms with van der Waals surface area (Å²) in [5, 5.41) is 1.58. The smallest absolute Gasteiger partial charge is 0.261 e. The molecule has 3 nitrogen and oxygen atoms in total. The monoisotopic (exact) mass is 344 g/mol. The highest BCUT2D eigenvalue weighted by molar-refractivity contribution is 9.10. The summed E-state index contributed by atoms with van der Waals surface area (Å²) in [6, 6.07) is 10.1. The third-order valence-corrected chi connectivity index (χ3v) is 4.53. The zero-order valence-electron chi connectivity index (χ0n) is 8.85. The highest BCUT2D eigenvalue weighted by Crippen LogP contribution is 2.32. The van der Waals surface area contributed by atoms with E-state index in [0.29, 0.717) is 11.2 Å². The van der Waals surface area contributed by atoms with Crippen LogP contribution in [0, 0.1) is 0 Å². The molecule has 0 bridgehead atoms. The first kappa shape index (κ1) is 12.0. The minimum atomic E-state index is -3.73. The van der Waals surface area contributed by atoms with Gasteiger partial charge in [-0.3, -0.25) is 0 Å². The second-order valence-corrected chi connectivity index (χ2v) is 7.32. The van der Waals surface area contributed by atoms with E-state index in [2.05, 4.69) is 15.9 Å². The first-order valence-corrected chi connectivity index (χ1v) is 8.12. The summed E-state index contributed by atoms with van der Waals surface area (Å²) in [4.78, 5) is 0.0688.